The van der Waals surface area contributed by atoms with Crippen LogP contribution >= 0.6 is 0 Å². The second-order valence-electron chi connectivity index (χ2n) is 5.46. The number of hydrogen-bond donors (Lipinski definition) is 2. The molecule has 0 spiro atoms. The Morgan fingerprint density at radius 3 is 1.37 bits per heavy atom. The number of quaternary nitrogens is 1. The van der Waals surface area contributed by atoms with Crippen molar-refractivity contribution in [1.82, 2.24) is 10.6 Å². The summed E-state index contributed by atoms with van der Waals surface area (Å²) >= 11 is 2.37. The molecule has 1 aliphatic heterocycles. The zero-order chi connectivity index (χ0) is 12.4. The monoisotopic (exact) mass is 345 g/mol. The molecule has 0 amide bonds. The van der Waals surface area contributed by atoms with Crippen LogP contribution in [0.3, 0.4) is 0 Å². The van der Waals surface area contributed by atoms with Crippen molar-refractivity contribution in [1.29, 1.82) is 0 Å². The minimum Gasteiger partial charge on any atom is -1.00 e. The fourth-order valence-corrected chi connectivity index (χ4v) is 2.78. The molecule has 19 heavy (non-hydrogen) atoms. The maximum absolute atomic E-state index is 3.55. The number of rotatable bonds is 0. The first-order valence-electron chi connectivity index (χ1n) is 7.22. The maximum Gasteiger partial charge on any atom is -1.00 e. The average molecular weight is 346 g/mol. The molecule has 1 fully saturated rings. The normalized spacial score (nSPS) is 22.9. The molecule has 1 heterocycles. The molecule has 3 nitrogen and oxygen atoms in total. The van der Waals surface area contributed by atoms with Crippen LogP contribution in [0, 0.1) is 0 Å². The fourth-order valence-electron chi connectivity index (χ4n) is 2.28. The molecule has 0 aromatic rings. The van der Waals surface area contributed by atoms with E-state index in [1.807, 2.05) is 0 Å². The van der Waals surface area contributed by atoms with Gasteiger partial charge in [0.1, 0.15) is 0 Å². The minimum atomic E-state index is 0. The molecule has 0 atom stereocenters. The number of nitrogens with zero attached hydrogens (tertiary/aromatic N) is 1. The van der Waals surface area contributed by atoms with E-state index in [0.717, 1.165) is 0 Å². The quantitative estimate of drug-likeness (QED) is 0.432. The average Bonchev–Trinajstić information content (AvgIpc) is 2.29. The third-order valence-corrected chi connectivity index (χ3v) is 4.17. The molecular weight excluding hydrogens is 317 g/mol. The number of halogens is 2. The van der Waals surface area contributed by atoms with Crippen molar-refractivity contribution in [2.24, 2.45) is 0 Å². The Morgan fingerprint density at radius 2 is 1.00 bits per heavy atom. The van der Waals surface area contributed by atoms with E-state index in [1.165, 1.54) is 80.8 Å². The number of nitrogens with one attached hydrogen (secondary N) is 2. The summed E-state index contributed by atoms with van der Waals surface area (Å²) in [7, 11) is 2.37. The van der Waals surface area contributed by atoms with Gasteiger partial charge in [-0.25, -0.2) is 0 Å². The summed E-state index contributed by atoms with van der Waals surface area (Å²) in [5, 5.41) is 7.09. The Bertz CT molecular complexity index is 177. The van der Waals surface area contributed by atoms with Crippen molar-refractivity contribution in [3.05, 3.63) is 0 Å². The van der Waals surface area contributed by atoms with Gasteiger partial charge in [0.2, 0.25) is 0 Å². The molecule has 1 aliphatic rings. The van der Waals surface area contributed by atoms with Gasteiger partial charge in [-0.15, -0.1) is 0 Å². The molecule has 115 valence electrons. The van der Waals surface area contributed by atoms with Crippen LogP contribution in [0.25, 0.3) is 0 Å². The van der Waals surface area contributed by atoms with Crippen LogP contribution in [0.15, 0.2) is 0 Å². The second kappa shape index (κ2) is 14.1. The summed E-state index contributed by atoms with van der Waals surface area (Å²) in [6.45, 7) is 7.45. The Labute approximate surface area is 143 Å². The second-order valence-corrected chi connectivity index (χ2v) is 7.15. The summed E-state index contributed by atoms with van der Waals surface area (Å²) < 4.78 is 1.19. The first kappa shape index (κ1) is 22.5. The Balaban J connectivity index is 0. The molecular formula is C13H29Cl2N3Ti-. The molecule has 1 saturated heterocycles. The molecule has 0 aromatic heterocycles. The van der Waals surface area contributed by atoms with E-state index < -0.39 is 0 Å². The topological polar surface area (TPSA) is 24.1 Å². The van der Waals surface area contributed by atoms with Crippen LogP contribution in [-0.4, -0.2) is 49.3 Å². The third-order valence-electron chi connectivity index (χ3n) is 3.47. The summed E-state index contributed by atoms with van der Waals surface area (Å²) in [5.74, 6) is 0. The molecule has 2 N–H and O–H groups in total. The summed E-state index contributed by atoms with van der Waals surface area (Å²) in [5.41, 5.74) is 0. The van der Waals surface area contributed by atoms with Crippen LogP contribution in [0.1, 0.15) is 38.5 Å². The van der Waals surface area contributed by atoms with Crippen molar-refractivity contribution >= 4 is 0 Å². The van der Waals surface area contributed by atoms with Gasteiger partial charge in [-0.05, 0) is 0 Å². The van der Waals surface area contributed by atoms with Crippen LogP contribution in [0.2, 0.25) is 0 Å². The van der Waals surface area contributed by atoms with Crippen LogP contribution in [0.5, 0.6) is 0 Å². The van der Waals surface area contributed by atoms with E-state index in [2.05, 4.69) is 38.4 Å². The van der Waals surface area contributed by atoms with Gasteiger partial charge in [-0.2, -0.15) is 0 Å². The standard InChI is InChI=1S/C13H29N3.2ClH.Ti/c1-16-12-6-4-10-14-8-2-3-9-15-11-5-7-13-16;;;/h14-15H,2-13H2,1H3;2*1H;/q;;;+1/p-2. The smallest absolute Gasteiger partial charge is 1.00 e. The van der Waals surface area contributed by atoms with E-state index in [4.69, 9.17) is 0 Å². The summed E-state index contributed by atoms with van der Waals surface area (Å²) in [4.78, 5) is 0. The third kappa shape index (κ3) is 13.9. The SMILES string of the molecule is C[N+]1([Ti])CCCCNCCCCNCCCC1.[Cl-].[Cl-]. The molecule has 0 aromatic carbocycles. The van der Waals surface area contributed by atoms with Crippen molar-refractivity contribution in [3.8, 4) is 0 Å². The van der Waals surface area contributed by atoms with Gasteiger partial charge in [0, 0.05) is 0 Å². The zero-order valence-electron chi connectivity index (χ0n) is 12.2. The van der Waals surface area contributed by atoms with E-state index in [9.17, 15) is 0 Å². The van der Waals surface area contributed by atoms with Crippen LogP contribution < -0.4 is 35.4 Å². The van der Waals surface area contributed by atoms with Gasteiger partial charge in [-0.3, -0.25) is 0 Å². The van der Waals surface area contributed by atoms with E-state index >= 15 is 0 Å². The van der Waals surface area contributed by atoms with Crippen molar-refractivity contribution in [3.63, 3.8) is 0 Å². The summed E-state index contributed by atoms with van der Waals surface area (Å²) in [6, 6.07) is 0. The van der Waals surface area contributed by atoms with Crippen LogP contribution in [0.4, 0.5) is 0 Å². The Hall–Kier alpha value is 1.17. The predicted octanol–water partition coefficient (Wildman–Crippen LogP) is -4.56. The van der Waals surface area contributed by atoms with Gasteiger partial charge in [0.05, 0.1) is 0 Å². The zero-order valence-corrected chi connectivity index (χ0v) is 15.3. The van der Waals surface area contributed by atoms with E-state index in [0.29, 0.717) is 0 Å². The van der Waals surface area contributed by atoms with Gasteiger partial charge in [0.25, 0.3) is 0 Å². The maximum atomic E-state index is 3.55. The molecule has 0 aliphatic carbocycles. The van der Waals surface area contributed by atoms with Gasteiger partial charge in [0.15, 0.2) is 0 Å². The van der Waals surface area contributed by atoms with Gasteiger partial charge >= 0.3 is 119 Å². The molecule has 0 saturated carbocycles. The van der Waals surface area contributed by atoms with E-state index in [-0.39, 0.29) is 24.8 Å². The molecule has 1 rings (SSSR count). The van der Waals surface area contributed by atoms with Crippen molar-refractivity contribution in [2.45, 2.75) is 38.5 Å². The van der Waals surface area contributed by atoms with Crippen LogP contribution in [-0.2, 0) is 20.7 Å². The first-order chi connectivity index (χ1) is 8.21. The first-order valence-corrected chi connectivity index (χ1v) is 7.92. The predicted molar refractivity (Wildman–Crippen MR) is 69.4 cm³/mol. The minimum absolute atomic E-state index is 0. The largest absolute Gasteiger partial charge is 1.00 e. The van der Waals surface area contributed by atoms with E-state index in [1.54, 1.807) is 0 Å². The number of hydrogen-bond acceptors (Lipinski definition) is 2. The molecule has 6 heteroatoms. The fraction of sp³-hybridized carbons (Fsp3) is 1.00. The van der Waals surface area contributed by atoms with Gasteiger partial charge in [-0.1, -0.05) is 0 Å². The molecule has 0 bridgehead atoms. The van der Waals surface area contributed by atoms with Gasteiger partial charge < -0.3 is 24.8 Å². The Kier molecular flexibility index (Phi) is 16.7. The van der Waals surface area contributed by atoms with Crippen molar-refractivity contribution < 1.29 is 48.5 Å². The van der Waals surface area contributed by atoms with Crippen molar-refractivity contribution in [2.75, 3.05) is 46.3 Å². The molecule has 0 radical (unpaired) electrons. The Morgan fingerprint density at radius 1 is 0.684 bits per heavy atom. The summed E-state index contributed by atoms with van der Waals surface area (Å²) in [6.07, 6.45) is 8.01. The molecule has 0 unspecified atom stereocenters.